The second-order valence-corrected chi connectivity index (χ2v) is 14.6. The van der Waals surface area contributed by atoms with E-state index in [4.69, 9.17) is 9.42 Å². The molecule has 5 fully saturated rings. The van der Waals surface area contributed by atoms with Crippen LogP contribution in [0.2, 0.25) is 19.6 Å². The lowest BCUT2D eigenvalue weighted by Crippen LogP contribution is -2.67. The van der Waals surface area contributed by atoms with Crippen molar-refractivity contribution in [2.75, 3.05) is 0 Å². The van der Waals surface area contributed by atoms with Gasteiger partial charge in [-0.2, -0.15) is 13.2 Å². The minimum Gasteiger partial charge on any atom is -0.403 e. The number of hydrogen-bond acceptors (Lipinski definition) is 2. The van der Waals surface area contributed by atoms with E-state index in [-0.39, 0.29) is 23.7 Å². The minimum atomic E-state index is -4.30. The molecular formula is C21H24F3NOSi. The summed E-state index contributed by atoms with van der Waals surface area (Å²) < 4.78 is 50.1. The number of hydrogen-bond donors (Lipinski definition) is 0. The fraction of sp³-hybridized carbons (Fsp3) is 0.667. The molecule has 144 valence electrons. The summed E-state index contributed by atoms with van der Waals surface area (Å²) in [5.74, 6) is 0.360. The molecule has 0 aliphatic heterocycles. The van der Waals surface area contributed by atoms with Gasteiger partial charge in [-0.05, 0) is 61.9 Å². The molecule has 1 aromatic rings. The van der Waals surface area contributed by atoms with E-state index in [0.29, 0.717) is 11.8 Å². The van der Waals surface area contributed by atoms with E-state index in [1.807, 2.05) is 50.0 Å². The zero-order valence-electron chi connectivity index (χ0n) is 15.7. The second kappa shape index (κ2) is 4.70. The number of fused-ring (bicyclic) bond motifs is 2. The standard InChI is InChI=1S/C21H24F3NOSi/c1-27(2,3)26-20(21(22,23)24)17-12-9-11-13-14(12)18(20)16(13)19(15(11)17)25-10-7-5-4-6-8-10/h4-8,11-18H,9H2,1-3H3. The zero-order chi connectivity index (χ0) is 18.9. The summed E-state index contributed by atoms with van der Waals surface area (Å²) in [4.78, 5) is 4.93. The van der Waals surface area contributed by atoms with Crippen LogP contribution in [0.4, 0.5) is 18.9 Å². The van der Waals surface area contributed by atoms with Crippen LogP contribution in [0, 0.1) is 47.3 Å². The Hall–Kier alpha value is -1.14. The van der Waals surface area contributed by atoms with E-state index in [1.165, 1.54) is 0 Å². The van der Waals surface area contributed by atoms with Gasteiger partial charge >= 0.3 is 6.18 Å². The van der Waals surface area contributed by atoms with Crippen LogP contribution < -0.4 is 0 Å². The number of rotatable bonds is 3. The lowest BCUT2D eigenvalue weighted by atomic mass is 9.55. The fourth-order valence-corrected chi connectivity index (χ4v) is 9.50. The molecule has 9 atom stereocenters. The minimum absolute atomic E-state index is 0.0214. The molecule has 5 aliphatic carbocycles. The van der Waals surface area contributed by atoms with E-state index >= 15 is 0 Å². The highest BCUT2D eigenvalue weighted by molar-refractivity contribution is 6.69. The van der Waals surface area contributed by atoms with Crippen LogP contribution in [0.1, 0.15) is 6.42 Å². The average molecular weight is 392 g/mol. The van der Waals surface area contributed by atoms with E-state index in [2.05, 4.69) is 0 Å². The average Bonchev–Trinajstić information content (AvgIpc) is 3.05. The van der Waals surface area contributed by atoms with Crippen molar-refractivity contribution < 1.29 is 17.6 Å². The number of halogens is 3. The summed E-state index contributed by atoms with van der Waals surface area (Å²) >= 11 is 0. The Morgan fingerprint density at radius 3 is 2.33 bits per heavy atom. The molecule has 0 spiro atoms. The Bertz CT molecular complexity index is 847. The molecule has 5 aliphatic rings. The van der Waals surface area contributed by atoms with Gasteiger partial charge in [-0.3, -0.25) is 4.99 Å². The van der Waals surface area contributed by atoms with Gasteiger partial charge in [0, 0.05) is 29.4 Å². The molecular weight excluding hydrogens is 367 g/mol. The van der Waals surface area contributed by atoms with Gasteiger partial charge in [0.2, 0.25) is 0 Å². The van der Waals surface area contributed by atoms with Crippen molar-refractivity contribution in [1.82, 2.24) is 0 Å². The van der Waals surface area contributed by atoms with E-state index in [1.54, 1.807) is 0 Å². The third kappa shape index (κ3) is 1.76. The lowest BCUT2D eigenvalue weighted by Gasteiger charge is -2.55. The van der Waals surface area contributed by atoms with Gasteiger partial charge in [0.05, 0.1) is 5.69 Å². The zero-order valence-corrected chi connectivity index (χ0v) is 16.7. The first-order valence-corrected chi connectivity index (χ1v) is 13.5. The molecule has 0 saturated heterocycles. The second-order valence-electron chi connectivity index (χ2n) is 10.2. The first-order chi connectivity index (χ1) is 12.7. The van der Waals surface area contributed by atoms with Crippen LogP contribution in [0.15, 0.2) is 35.3 Å². The molecule has 1 aromatic carbocycles. The molecule has 0 aromatic heterocycles. The predicted octanol–water partition coefficient (Wildman–Crippen LogP) is 5.30. The van der Waals surface area contributed by atoms with E-state index in [9.17, 15) is 13.2 Å². The fourth-order valence-electron chi connectivity index (χ4n) is 8.09. The smallest absolute Gasteiger partial charge is 0.403 e. The molecule has 0 radical (unpaired) electrons. The molecule has 9 unspecified atom stereocenters. The van der Waals surface area contributed by atoms with Crippen molar-refractivity contribution in [3.8, 4) is 0 Å². The third-order valence-corrected chi connectivity index (χ3v) is 9.06. The summed E-state index contributed by atoms with van der Waals surface area (Å²) in [7, 11) is -2.36. The van der Waals surface area contributed by atoms with Crippen molar-refractivity contribution in [2.45, 2.75) is 37.8 Å². The molecule has 5 saturated carbocycles. The first-order valence-electron chi connectivity index (χ1n) is 10.1. The number of aliphatic imine (C=N–C) groups is 1. The largest absolute Gasteiger partial charge is 0.416 e. The van der Waals surface area contributed by atoms with Gasteiger partial charge in [0.25, 0.3) is 0 Å². The number of benzene rings is 1. The van der Waals surface area contributed by atoms with Crippen LogP contribution in [0.3, 0.4) is 0 Å². The van der Waals surface area contributed by atoms with Crippen molar-refractivity contribution in [3.05, 3.63) is 30.3 Å². The third-order valence-electron chi connectivity index (χ3n) is 8.11. The topological polar surface area (TPSA) is 21.6 Å². The monoisotopic (exact) mass is 391 g/mol. The molecule has 0 N–H and O–H groups in total. The van der Waals surface area contributed by atoms with Crippen molar-refractivity contribution >= 4 is 19.7 Å². The highest BCUT2D eigenvalue weighted by Crippen LogP contribution is 2.86. The summed E-state index contributed by atoms with van der Waals surface area (Å²) in [5, 5.41) is 0. The van der Waals surface area contributed by atoms with Crippen LogP contribution in [0.5, 0.6) is 0 Å². The van der Waals surface area contributed by atoms with Crippen LogP contribution in [-0.4, -0.2) is 25.8 Å². The van der Waals surface area contributed by atoms with Crippen molar-refractivity contribution in [2.24, 2.45) is 52.3 Å². The highest BCUT2D eigenvalue weighted by atomic mass is 28.4. The van der Waals surface area contributed by atoms with E-state index < -0.39 is 31.9 Å². The highest BCUT2D eigenvalue weighted by Gasteiger charge is 2.92. The lowest BCUT2D eigenvalue weighted by molar-refractivity contribution is -0.295. The maximum absolute atomic E-state index is 14.7. The maximum atomic E-state index is 14.7. The van der Waals surface area contributed by atoms with Crippen LogP contribution in [-0.2, 0) is 4.43 Å². The van der Waals surface area contributed by atoms with E-state index in [0.717, 1.165) is 17.8 Å². The first kappa shape index (κ1) is 16.8. The van der Waals surface area contributed by atoms with Crippen molar-refractivity contribution in [3.63, 3.8) is 0 Å². The number of alkyl halides is 3. The maximum Gasteiger partial charge on any atom is 0.416 e. The number of para-hydroxylation sites is 1. The molecule has 27 heavy (non-hydrogen) atoms. The SMILES string of the molecule is C[Si](C)(C)OC1(C(F)(F)F)C2C3CC4C2C(=Nc2ccccc2)C2C4C3C21. The summed E-state index contributed by atoms with van der Waals surface area (Å²) in [5.41, 5.74) is 0.0323. The Labute approximate surface area is 158 Å². The molecule has 2 bridgehead atoms. The Morgan fingerprint density at radius 1 is 1.00 bits per heavy atom. The molecule has 6 rings (SSSR count). The quantitative estimate of drug-likeness (QED) is 0.641. The summed E-state index contributed by atoms with van der Waals surface area (Å²) in [6.45, 7) is 5.69. The summed E-state index contributed by atoms with van der Waals surface area (Å²) in [6.07, 6.45) is -3.34. The van der Waals surface area contributed by atoms with Crippen molar-refractivity contribution in [1.29, 1.82) is 0 Å². The number of nitrogens with zero attached hydrogens (tertiary/aromatic N) is 1. The van der Waals surface area contributed by atoms with Gasteiger partial charge in [-0.1, -0.05) is 18.2 Å². The Kier molecular flexibility index (Phi) is 2.92. The predicted molar refractivity (Wildman–Crippen MR) is 99.3 cm³/mol. The summed E-state index contributed by atoms with van der Waals surface area (Å²) in [6, 6.07) is 9.74. The van der Waals surface area contributed by atoms with Gasteiger partial charge in [0.1, 0.15) is 0 Å². The van der Waals surface area contributed by atoms with Gasteiger partial charge < -0.3 is 4.43 Å². The van der Waals surface area contributed by atoms with Crippen LogP contribution in [0.25, 0.3) is 0 Å². The Morgan fingerprint density at radius 2 is 1.70 bits per heavy atom. The van der Waals surface area contributed by atoms with Gasteiger partial charge in [-0.25, -0.2) is 0 Å². The molecule has 0 amide bonds. The molecule has 0 heterocycles. The molecule has 2 nitrogen and oxygen atoms in total. The molecule has 6 heteroatoms. The van der Waals surface area contributed by atoms with Crippen LogP contribution >= 0.6 is 0 Å². The van der Waals surface area contributed by atoms with Gasteiger partial charge in [-0.15, -0.1) is 0 Å². The van der Waals surface area contributed by atoms with Gasteiger partial charge in [0.15, 0.2) is 13.9 Å². The Balaban J connectivity index is 1.51. The normalized spacial score (nSPS) is 50.1.